The first kappa shape index (κ1) is 12.2. The standard InChI is InChI=1S/C12H15ClN2O2/c1-17-12(16)10-4-7(13)2-3-11(10)15-9-5-8(14)6-9/h2-4,8-9,15H,5-6,14H2,1H3. The largest absolute Gasteiger partial charge is 0.465 e. The highest BCUT2D eigenvalue weighted by Crippen LogP contribution is 2.27. The number of halogens is 1. The summed E-state index contributed by atoms with van der Waals surface area (Å²) in [4.78, 5) is 11.6. The Morgan fingerprint density at radius 1 is 1.53 bits per heavy atom. The number of nitrogens with one attached hydrogen (secondary N) is 1. The molecule has 0 unspecified atom stereocenters. The van der Waals surface area contributed by atoms with Crippen molar-refractivity contribution >= 4 is 23.3 Å². The van der Waals surface area contributed by atoms with Gasteiger partial charge in [0.05, 0.1) is 12.7 Å². The topological polar surface area (TPSA) is 64.3 Å². The summed E-state index contributed by atoms with van der Waals surface area (Å²) in [5.74, 6) is -0.390. The molecule has 0 aliphatic heterocycles. The van der Waals surface area contributed by atoms with Crippen molar-refractivity contribution in [3.05, 3.63) is 28.8 Å². The van der Waals surface area contributed by atoms with Crippen LogP contribution in [0.1, 0.15) is 23.2 Å². The maximum absolute atomic E-state index is 11.6. The van der Waals surface area contributed by atoms with Crippen molar-refractivity contribution in [1.82, 2.24) is 0 Å². The van der Waals surface area contributed by atoms with Crippen LogP contribution in [-0.2, 0) is 4.74 Å². The summed E-state index contributed by atoms with van der Waals surface area (Å²) in [6.07, 6.45) is 1.84. The summed E-state index contributed by atoms with van der Waals surface area (Å²) in [5, 5.41) is 3.80. The molecular formula is C12H15ClN2O2. The molecule has 0 radical (unpaired) electrons. The summed E-state index contributed by atoms with van der Waals surface area (Å²) in [6.45, 7) is 0. The molecule has 0 amide bonds. The molecule has 1 aromatic carbocycles. The molecule has 0 heterocycles. The van der Waals surface area contributed by atoms with Crippen LogP contribution in [0.25, 0.3) is 0 Å². The molecule has 0 spiro atoms. The minimum atomic E-state index is -0.390. The van der Waals surface area contributed by atoms with Gasteiger partial charge < -0.3 is 15.8 Å². The first-order valence-electron chi connectivity index (χ1n) is 5.50. The Labute approximate surface area is 105 Å². The molecule has 1 fully saturated rings. The van der Waals surface area contributed by atoms with Gasteiger partial charge in [-0.1, -0.05) is 11.6 Å². The molecule has 5 heteroatoms. The van der Waals surface area contributed by atoms with Gasteiger partial charge in [0.2, 0.25) is 0 Å². The van der Waals surface area contributed by atoms with E-state index in [0.717, 1.165) is 18.5 Å². The van der Waals surface area contributed by atoms with E-state index in [1.807, 2.05) is 0 Å². The highest BCUT2D eigenvalue weighted by atomic mass is 35.5. The van der Waals surface area contributed by atoms with Crippen LogP contribution < -0.4 is 11.1 Å². The third-order valence-electron chi connectivity index (χ3n) is 2.92. The van der Waals surface area contributed by atoms with Crippen LogP contribution in [0.5, 0.6) is 0 Å². The molecular weight excluding hydrogens is 240 g/mol. The minimum Gasteiger partial charge on any atom is -0.465 e. The van der Waals surface area contributed by atoms with Crippen molar-refractivity contribution in [1.29, 1.82) is 0 Å². The fourth-order valence-corrected chi connectivity index (χ4v) is 2.09. The number of nitrogens with two attached hydrogens (primary N) is 1. The number of hydrogen-bond donors (Lipinski definition) is 2. The Bertz CT molecular complexity index is 431. The minimum absolute atomic E-state index is 0.265. The zero-order valence-electron chi connectivity index (χ0n) is 9.57. The summed E-state index contributed by atoms with van der Waals surface area (Å²) < 4.78 is 4.72. The molecule has 2 rings (SSSR count). The molecule has 1 aromatic rings. The van der Waals surface area contributed by atoms with E-state index in [1.165, 1.54) is 7.11 Å². The Morgan fingerprint density at radius 3 is 2.82 bits per heavy atom. The molecule has 17 heavy (non-hydrogen) atoms. The maximum Gasteiger partial charge on any atom is 0.340 e. The lowest BCUT2D eigenvalue weighted by Crippen LogP contribution is -2.44. The zero-order valence-corrected chi connectivity index (χ0v) is 10.3. The van der Waals surface area contributed by atoms with Gasteiger partial charge in [-0.25, -0.2) is 4.79 Å². The van der Waals surface area contributed by atoms with Crippen LogP contribution in [0.4, 0.5) is 5.69 Å². The highest BCUT2D eigenvalue weighted by molar-refractivity contribution is 6.31. The Morgan fingerprint density at radius 2 is 2.24 bits per heavy atom. The van der Waals surface area contributed by atoms with Gasteiger partial charge in [-0.05, 0) is 31.0 Å². The quantitative estimate of drug-likeness (QED) is 0.810. The normalized spacial score (nSPS) is 22.8. The maximum atomic E-state index is 11.6. The van der Waals surface area contributed by atoms with Gasteiger partial charge in [0, 0.05) is 22.8 Å². The van der Waals surface area contributed by atoms with Crippen molar-refractivity contribution in [2.75, 3.05) is 12.4 Å². The van der Waals surface area contributed by atoms with E-state index >= 15 is 0 Å². The second-order valence-electron chi connectivity index (χ2n) is 4.25. The average Bonchev–Trinajstić information content (AvgIpc) is 2.28. The number of methoxy groups -OCH3 is 1. The molecule has 1 aliphatic carbocycles. The molecule has 4 nitrogen and oxygen atoms in total. The lowest BCUT2D eigenvalue weighted by molar-refractivity contribution is 0.0601. The van der Waals surface area contributed by atoms with Gasteiger partial charge in [0.1, 0.15) is 0 Å². The summed E-state index contributed by atoms with van der Waals surface area (Å²) >= 11 is 5.87. The van der Waals surface area contributed by atoms with Crippen LogP contribution in [0.15, 0.2) is 18.2 Å². The summed E-state index contributed by atoms with van der Waals surface area (Å²) in [6, 6.07) is 5.73. The van der Waals surface area contributed by atoms with Gasteiger partial charge >= 0.3 is 5.97 Å². The number of carbonyl (C=O) groups excluding carboxylic acids is 1. The third kappa shape index (κ3) is 2.70. The Balaban J connectivity index is 2.17. The predicted octanol–water partition coefficient (Wildman–Crippen LogP) is 2.03. The first-order valence-corrected chi connectivity index (χ1v) is 5.88. The first-order chi connectivity index (χ1) is 8.10. The second-order valence-corrected chi connectivity index (χ2v) is 4.69. The van der Waals surface area contributed by atoms with Gasteiger partial charge in [0.15, 0.2) is 0 Å². The SMILES string of the molecule is COC(=O)c1cc(Cl)ccc1NC1CC(N)C1. The van der Waals surface area contributed by atoms with E-state index in [9.17, 15) is 4.79 Å². The predicted molar refractivity (Wildman–Crippen MR) is 67.4 cm³/mol. The van der Waals surface area contributed by atoms with Crippen molar-refractivity contribution < 1.29 is 9.53 Å². The number of benzene rings is 1. The van der Waals surface area contributed by atoms with Gasteiger partial charge in [-0.2, -0.15) is 0 Å². The molecule has 92 valence electrons. The zero-order chi connectivity index (χ0) is 12.4. The lowest BCUT2D eigenvalue weighted by atomic mass is 9.87. The van der Waals surface area contributed by atoms with Crippen LogP contribution in [0.3, 0.4) is 0 Å². The van der Waals surface area contributed by atoms with E-state index in [-0.39, 0.29) is 6.04 Å². The molecule has 0 bridgehead atoms. The van der Waals surface area contributed by atoms with Crippen LogP contribution >= 0.6 is 11.6 Å². The van der Waals surface area contributed by atoms with E-state index in [1.54, 1.807) is 18.2 Å². The van der Waals surface area contributed by atoms with Gasteiger partial charge in [-0.15, -0.1) is 0 Å². The number of ether oxygens (including phenoxy) is 1. The summed E-state index contributed by atoms with van der Waals surface area (Å²) in [5.41, 5.74) is 6.92. The number of hydrogen-bond acceptors (Lipinski definition) is 4. The smallest absolute Gasteiger partial charge is 0.340 e. The fourth-order valence-electron chi connectivity index (χ4n) is 1.92. The molecule has 0 atom stereocenters. The molecule has 0 aromatic heterocycles. The second kappa shape index (κ2) is 4.94. The molecule has 1 aliphatic rings. The van der Waals surface area contributed by atoms with Gasteiger partial charge in [-0.3, -0.25) is 0 Å². The van der Waals surface area contributed by atoms with E-state index in [0.29, 0.717) is 16.6 Å². The number of esters is 1. The lowest BCUT2D eigenvalue weighted by Gasteiger charge is -2.34. The van der Waals surface area contributed by atoms with Crippen molar-refractivity contribution in [3.63, 3.8) is 0 Å². The average molecular weight is 255 g/mol. The molecule has 3 N–H and O–H groups in total. The van der Waals surface area contributed by atoms with E-state index < -0.39 is 5.97 Å². The number of rotatable bonds is 3. The van der Waals surface area contributed by atoms with E-state index in [4.69, 9.17) is 22.1 Å². The summed E-state index contributed by atoms with van der Waals surface area (Å²) in [7, 11) is 1.35. The molecule has 1 saturated carbocycles. The number of carbonyl (C=O) groups is 1. The van der Waals surface area contributed by atoms with Crippen molar-refractivity contribution in [2.24, 2.45) is 5.73 Å². The van der Waals surface area contributed by atoms with Crippen LogP contribution in [0.2, 0.25) is 5.02 Å². The third-order valence-corrected chi connectivity index (χ3v) is 3.16. The van der Waals surface area contributed by atoms with Crippen LogP contribution in [-0.4, -0.2) is 25.2 Å². The van der Waals surface area contributed by atoms with E-state index in [2.05, 4.69) is 5.32 Å². The van der Waals surface area contributed by atoms with Crippen molar-refractivity contribution in [2.45, 2.75) is 24.9 Å². The fraction of sp³-hybridized carbons (Fsp3) is 0.417. The number of anilines is 1. The van der Waals surface area contributed by atoms with Crippen molar-refractivity contribution in [3.8, 4) is 0 Å². The highest BCUT2D eigenvalue weighted by Gasteiger charge is 2.26. The Kier molecular flexibility index (Phi) is 3.54. The van der Waals surface area contributed by atoms with Crippen LogP contribution in [0, 0.1) is 0 Å². The Hall–Kier alpha value is -1.26. The van der Waals surface area contributed by atoms with Gasteiger partial charge in [0.25, 0.3) is 0 Å². The molecule has 0 saturated heterocycles. The monoisotopic (exact) mass is 254 g/mol.